The molecule has 1 aromatic rings. The summed E-state index contributed by atoms with van der Waals surface area (Å²) in [4.78, 5) is 23.8. The molecule has 0 heterocycles. The van der Waals surface area contributed by atoms with E-state index in [4.69, 9.17) is 19.7 Å². The lowest BCUT2D eigenvalue weighted by atomic mass is 10.1. The minimum atomic E-state index is -0.662. The van der Waals surface area contributed by atoms with E-state index in [9.17, 15) is 9.59 Å². The third kappa shape index (κ3) is 6.24. The first-order valence-corrected chi connectivity index (χ1v) is 7.35. The van der Waals surface area contributed by atoms with E-state index >= 15 is 0 Å². The zero-order chi connectivity index (χ0) is 16.2. The maximum Gasteiger partial charge on any atom is 0.339 e. The lowest BCUT2D eigenvalue weighted by molar-refractivity contribution is 0.0410. The average Bonchev–Trinajstić information content (AvgIpc) is 2.55. The molecular formula is C16H22O6. The Morgan fingerprint density at radius 2 is 1.32 bits per heavy atom. The Labute approximate surface area is 129 Å². The molecule has 1 aromatic carbocycles. The van der Waals surface area contributed by atoms with Crippen molar-refractivity contribution in [1.82, 2.24) is 0 Å². The van der Waals surface area contributed by atoms with Crippen LogP contribution in [0.4, 0.5) is 0 Å². The largest absolute Gasteiger partial charge is 0.462 e. The van der Waals surface area contributed by atoms with Gasteiger partial charge >= 0.3 is 11.9 Å². The molecule has 1 rings (SSSR count). The van der Waals surface area contributed by atoms with E-state index in [1.54, 1.807) is 12.1 Å². The SMILES string of the molecule is O=C(OCCO)c1ccccc1C(=O)OCCCCCCO. The highest BCUT2D eigenvalue weighted by molar-refractivity contribution is 6.03. The summed E-state index contributed by atoms with van der Waals surface area (Å²) in [7, 11) is 0. The second-order valence-electron chi connectivity index (χ2n) is 4.68. The fourth-order valence-electron chi connectivity index (χ4n) is 1.87. The zero-order valence-electron chi connectivity index (χ0n) is 12.5. The summed E-state index contributed by atoms with van der Waals surface area (Å²) in [6, 6.07) is 6.25. The summed E-state index contributed by atoms with van der Waals surface area (Å²) in [6.45, 7) is 0.0483. The molecule has 0 aliphatic carbocycles. The number of carbonyl (C=O) groups excluding carboxylic acids is 2. The van der Waals surface area contributed by atoms with Crippen molar-refractivity contribution < 1.29 is 29.3 Å². The lowest BCUT2D eigenvalue weighted by Crippen LogP contribution is -2.15. The highest BCUT2D eigenvalue weighted by Gasteiger charge is 2.18. The van der Waals surface area contributed by atoms with Gasteiger partial charge in [0.05, 0.1) is 24.3 Å². The van der Waals surface area contributed by atoms with E-state index in [1.165, 1.54) is 12.1 Å². The normalized spacial score (nSPS) is 10.3. The van der Waals surface area contributed by atoms with Crippen LogP contribution in [0.5, 0.6) is 0 Å². The van der Waals surface area contributed by atoms with E-state index in [1.807, 2.05) is 0 Å². The molecule has 22 heavy (non-hydrogen) atoms. The van der Waals surface area contributed by atoms with E-state index in [2.05, 4.69) is 0 Å². The minimum absolute atomic E-state index is 0.118. The number of aliphatic hydroxyl groups is 2. The molecule has 0 aliphatic heterocycles. The summed E-state index contributed by atoms with van der Waals surface area (Å²) in [5.41, 5.74) is 0.280. The Morgan fingerprint density at radius 3 is 1.86 bits per heavy atom. The molecule has 0 aromatic heterocycles. The van der Waals surface area contributed by atoms with Gasteiger partial charge in [-0.05, 0) is 31.4 Å². The second-order valence-corrected chi connectivity index (χ2v) is 4.68. The van der Waals surface area contributed by atoms with Gasteiger partial charge in [-0.1, -0.05) is 18.6 Å². The Bertz CT molecular complexity index is 471. The molecule has 0 fully saturated rings. The molecule has 0 atom stereocenters. The van der Waals surface area contributed by atoms with E-state index in [-0.39, 0.29) is 37.6 Å². The van der Waals surface area contributed by atoms with E-state index in [0.29, 0.717) is 6.42 Å². The van der Waals surface area contributed by atoms with Crippen LogP contribution < -0.4 is 0 Å². The molecule has 122 valence electrons. The molecule has 0 unspecified atom stereocenters. The Balaban J connectivity index is 2.52. The number of rotatable bonds is 10. The number of esters is 2. The Kier molecular flexibility index (Phi) is 8.86. The highest BCUT2D eigenvalue weighted by atomic mass is 16.5. The van der Waals surface area contributed by atoms with Crippen molar-refractivity contribution in [3.8, 4) is 0 Å². The molecule has 0 spiro atoms. The predicted octanol–water partition coefficient (Wildman–Crippen LogP) is 1.55. The average molecular weight is 310 g/mol. The van der Waals surface area contributed by atoms with Gasteiger partial charge in [0.2, 0.25) is 0 Å². The standard InChI is InChI=1S/C16H22O6/c17-9-5-1-2-6-11-21-15(19)13-7-3-4-8-14(13)16(20)22-12-10-18/h3-4,7-8,17-18H,1-2,5-6,9-12H2. The predicted molar refractivity (Wildman–Crippen MR) is 79.6 cm³/mol. The smallest absolute Gasteiger partial charge is 0.339 e. The first-order chi connectivity index (χ1) is 10.7. The van der Waals surface area contributed by atoms with Crippen LogP contribution in [0, 0.1) is 0 Å². The Hall–Kier alpha value is -1.92. The zero-order valence-corrected chi connectivity index (χ0v) is 12.5. The van der Waals surface area contributed by atoms with Gasteiger partial charge in [-0.3, -0.25) is 0 Å². The lowest BCUT2D eigenvalue weighted by Gasteiger charge is -2.09. The van der Waals surface area contributed by atoms with Crippen LogP contribution in [0.3, 0.4) is 0 Å². The number of benzene rings is 1. The number of aliphatic hydroxyl groups excluding tert-OH is 2. The molecule has 0 saturated carbocycles. The van der Waals surface area contributed by atoms with Crippen LogP contribution in [-0.2, 0) is 9.47 Å². The van der Waals surface area contributed by atoms with Crippen molar-refractivity contribution >= 4 is 11.9 Å². The first-order valence-electron chi connectivity index (χ1n) is 7.35. The van der Waals surface area contributed by atoms with Gasteiger partial charge in [0, 0.05) is 6.61 Å². The summed E-state index contributed by atoms with van der Waals surface area (Å²) < 4.78 is 9.96. The fraction of sp³-hybridized carbons (Fsp3) is 0.500. The van der Waals surface area contributed by atoms with Crippen molar-refractivity contribution in [2.24, 2.45) is 0 Å². The number of carbonyl (C=O) groups is 2. The monoisotopic (exact) mass is 310 g/mol. The fourth-order valence-corrected chi connectivity index (χ4v) is 1.87. The van der Waals surface area contributed by atoms with Gasteiger partial charge in [-0.25, -0.2) is 9.59 Å². The van der Waals surface area contributed by atoms with Crippen LogP contribution in [-0.4, -0.2) is 48.6 Å². The number of ether oxygens (including phenoxy) is 2. The molecule has 0 bridgehead atoms. The van der Waals surface area contributed by atoms with Crippen LogP contribution in [0.15, 0.2) is 24.3 Å². The molecule has 6 heteroatoms. The summed E-state index contributed by atoms with van der Waals surface area (Å²) in [5, 5.41) is 17.3. The summed E-state index contributed by atoms with van der Waals surface area (Å²) in [5.74, 6) is -1.23. The second kappa shape index (κ2) is 10.8. The summed E-state index contributed by atoms with van der Waals surface area (Å²) >= 11 is 0. The van der Waals surface area contributed by atoms with Crippen LogP contribution >= 0.6 is 0 Å². The van der Waals surface area contributed by atoms with Crippen LogP contribution in [0.25, 0.3) is 0 Å². The highest BCUT2D eigenvalue weighted by Crippen LogP contribution is 2.12. The molecule has 0 radical (unpaired) electrons. The summed E-state index contributed by atoms with van der Waals surface area (Å²) in [6.07, 6.45) is 3.21. The van der Waals surface area contributed by atoms with E-state index in [0.717, 1.165) is 19.3 Å². The van der Waals surface area contributed by atoms with Gasteiger partial charge in [0.1, 0.15) is 6.61 Å². The van der Waals surface area contributed by atoms with Gasteiger partial charge in [-0.2, -0.15) is 0 Å². The number of unbranched alkanes of at least 4 members (excludes halogenated alkanes) is 3. The van der Waals surface area contributed by atoms with Crippen LogP contribution in [0.1, 0.15) is 46.4 Å². The molecule has 6 nitrogen and oxygen atoms in total. The van der Waals surface area contributed by atoms with Crippen molar-refractivity contribution in [2.45, 2.75) is 25.7 Å². The van der Waals surface area contributed by atoms with Gasteiger partial charge in [0.15, 0.2) is 0 Å². The van der Waals surface area contributed by atoms with Gasteiger partial charge in [-0.15, -0.1) is 0 Å². The third-order valence-electron chi connectivity index (χ3n) is 2.98. The van der Waals surface area contributed by atoms with Crippen molar-refractivity contribution in [3.63, 3.8) is 0 Å². The van der Waals surface area contributed by atoms with Crippen molar-refractivity contribution in [1.29, 1.82) is 0 Å². The van der Waals surface area contributed by atoms with E-state index < -0.39 is 11.9 Å². The van der Waals surface area contributed by atoms with Gasteiger partial charge < -0.3 is 19.7 Å². The maximum atomic E-state index is 12.0. The molecule has 0 amide bonds. The first kappa shape index (κ1) is 18.1. The number of hydrogen-bond donors (Lipinski definition) is 2. The molecule has 0 saturated heterocycles. The van der Waals surface area contributed by atoms with Crippen molar-refractivity contribution in [2.75, 3.05) is 26.4 Å². The third-order valence-corrected chi connectivity index (χ3v) is 2.98. The van der Waals surface area contributed by atoms with Crippen molar-refractivity contribution in [3.05, 3.63) is 35.4 Å². The Morgan fingerprint density at radius 1 is 0.773 bits per heavy atom. The minimum Gasteiger partial charge on any atom is -0.462 e. The molecular weight excluding hydrogens is 288 g/mol. The molecule has 2 N–H and O–H groups in total. The quantitative estimate of drug-likeness (QED) is 0.503. The molecule has 0 aliphatic rings. The van der Waals surface area contributed by atoms with Gasteiger partial charge in [0.25, 0.3) is 0 Å². The topological polar surface area (TPSA) is 93.1 Å². The van der Waals surface area contributed by atoms with Crippen LogP contribution in [0.2, 0.25) is 0 Å². The maximum absolute atomic E-state index is 12.0. The number of hydrogen-bond acceptors (Lipinski definition) is 6.